The fourth-order valence-electron chi connectivity index (χ4n) is 1.55. The summed E-state index contributed by atoms with van der Waals surface area (Å²) in [7, 11) is 0. The summed E-state index contributed by atoms with van der Waals surface area (Å²) in [5.74, 6) is 1.22. The van der Waals surface area contributed by atoms with Gasteiger partial charge in [0.2, 0.25) is 0 Å². The Morgan fingerprint density at radius 1 is 1.12 bits per heavy atom. The lowest BCUT2D eigenvalue weighted by molar-refractivity contribution is -0.125. The van der Waals surface area contributed by atoms with Crippen molar-refractivity contribution < 1.29 is 22.6 Å². The number of benzene rings is 1. The molecule has 0 spiro atoms. The normalized spacial score (nSPS) is 14.8. The molecule has 1 N–H and O–H groups in total. The van der Waals surface area contributed by atoms with Crippen LogP contribution in [0.1, 0.15) is 5.56 Å². The maximum absolute atomic E-state index is 11.9. The van der Waals surface area contributed by atoms with E-state index in [1.165, 1.54) is 0 Å². The van der Waals surface area contributed by atoms with Crippen LogP contribution in [0.15, 0.2) is 18.2 Å². The molecule has 0 atom stereocenters. The second-order valence-electron chi connectivity index (χ2n) is 3.70. The first-order valence-electron chi connectivity index (χ1n) is 5.20. The molecule has 1 aliphatic rings. The molecule has 1 heterocycles. The van der Waals surface area contributed by atoms with Crippen molar-refractivity contribution in [1.29, 1.82) is 0 Å². The average molecular weight is 247 g/mol. The van der Waals surface area contributed by atoms with Gasteiger partial charge in [0.15, 0.2) is 11.5 Å². The topological polar surface area (TPSA) is 30.5 Å². The Labute approximate surface area is 96.5 Å². The van der Waals surface area contributed by atoms with Crippen molar-refractivity contribution in [2.24, 2.45) is 0 Å². The Bertz CT molecular complexity index is 393. The minimum atomic E-state index is -4.19. The number of ether oxygens (including phenoxy) is 2. The quantitative estimate of drug-likeness (QED) is 0.887. The zero-order valence-electron chi connectivity index (χ0n) is 9.01. The number of hydrogen-bond acceptors (Lipinski definition) is 3. The van der Waals surface area contributed by atoms with E-state index in [0.29, 0.717) is 24.7 Å². The molecule has 17 heavy (non-hydrogen) atoms. The maximum Gasteiger partial charge on any atom is 0.401 e. The van der Waals surface area contributed by atoms with Crippen molar-refractivity contribution in [3.8, 4) is 11.5 Å². The Morgan fingerprint density at radius 2 is 1.82 bits per heavy atom. The van der Waals surface area contributed by atoms with Gasteiger partial charge >= 0.3 is 6.18 Å². The van der Waals surface area contributed by atoms with Gasteiger partial charge in [-0.25, -0.2) is 0 Å². The van der Waals surface area contributed by atoms with Crippen LogP contribution in [-0.4, -0.2) is 25.9 Å². The lowest BCUT2D eigenvalue weighted by Crippen LogP contribution is -2.28. The predicted octanol–water partition coefficient (Wildman–Crippen LogP) is 2.11. The van der Waals surface area contributed by atoms with E-state index in [1.807, 2.05) is 0 Å². The van der Waals surface area contributed by atoms with Gasteiger partial charge in [0, 0.05) is 6.54 Å². The van der Waals surface area contributed by atoms with Crippen LogP contribution in [0, 0.1) is 0 Å². The summed E-state index contributed by atoms with van der Waals surface area (Å²) < 4.78 is 46.4. The Hall–Kier alpha value is -1.43. The summed E-state index contributed by atoms with van der Waals surface area (Å²) in [6.45, 7) is 0.114. The fraction of sp³-hybridized carbons (Fsp3) is 0.455. The third kappa shape index (κ3) is 3.52. The van der Waals surface area contributed by atoms with E-state index in [9.17, 15) is 13.2 Å². The number of rotatable bonds is 3. The standard InChI is InChI=1S/C11H12F3NO2/c12-11(13,14)7-15-6-8-1-2-9-10(5-8)17-4-3-16-9/h1-2,5,15H,3-4,6-7H2. The largest absolute Gasteiger partial charge is 0.486 e. The number of halogens is 3. The summed E-state index contributed by atoms with van der Waals surface area (Å²) >= 11 is 0. The molecule has 0 radical (unpaired) electrons. The first-order valence-corrected chi connectivity index (χ1v) is 5.20. The van der Waals surface area contributed by atoms with Gasteiger partial charge in [0.25, 0.3) is 0 Å². The van der Waals surface area contributed by atoms with E-state index in [0.717, 1.165) is 5.56 Å². The van der Waals surface area contributed by atoms with Crippen LogP contribution in [-0.2, 0) is 6.54 Å². The zero-order chi connectivity index (χ0) is 12.3. The van der Waals surface area contributed by atoms with E-state index in [1.54, 1.807) is 18.2 Å². The van der Waals surface area contributed by atoms with Gasteiger partial charge in [-0.2, -0.15) is 13.2 Å². The van der Waals surface area contributed by atoms with Crippen molar-refractivity contribution in [1.82, 2.24) is 5.32 Å². The maximum atomic E-state index is 11.9. The van der Waals surface area contributed by atoms with Crippen molar-refractivity contribution in [2.75, 3.05) is 19.8 Å². The van der Waals surface area contributed by atoms with Crippen LogP contribution in [0.4, 0.5) is 13.2 Å². The lowest BCUT2D eigenvalue weighted by atomic mass is 10.2. The van der Waals surface area contributed by atoms with Crippen molar-refractivity contribution in [3.63, 3.8) is 0 Å². The molecular weight excluding hydrogens is 235 g/mol. The summed E-state index contributed by atoms with van der Waals surface area (Å²) in [6, 6.07) is 5.12. The highest BCUT2D eigenvalue weighted by atomic mass is 19.4. The first kappa shape index (κ1) is 12.0. The van der Waals surface area contributed by atoms with Gasteiger partial charge < -0.3 is 14.8 Å². The molecule has 0 unspecified atom stereocenters. The fourth-order valence-corrected chi connectivity index (χ4v) is 1.55. The number of alkyl halides is 3. The highest BCUT2D eigenvalue weighted by Crippen LogP contribution is 2.30. The number of fused-ring (bicyclic) bond motifs is 1. The highest BCUT2D eigenvalue weighted by molar-refractivity contribution is 5.43. The summed E-state index contributed by atoms with van der Waals surface area (Å²) in [6.07, 6.45) is -4.19. The predicted molar refractivity (Wildman–Crippen MR) is 55.2 cm³/mol. The molecule has 1 aromatic carbocycles. The van der Waals surface area contributed by atoms with Gasteiger partial charge in [-0.15, -0.1) is 0 Å². The smallest absolute Gasteiger partial charge is 0.401 e. The zero-order valence-corrected chi connectivity index (χ0v) is 9.01. The summed E-state index contributed by atoms with van der Waals surface area (Å²) in [5.41, 5.74) is 0.735. The van der Waals surface area contributed by atoms with Crippen molar-refractivity contribution in [2.45, 2.75) is 12.7 Å². The van der Waals surface area contributed by atoms with E-state index >= 15 is 0 Å². The Kier molecular flexibility index (Phi) is 3.42. The van der Waals surface area contributed by atoms with Crippen LogP contribution in [0.3, 0.4) is 0 Å². The third-order valence-electron chi connectivity index (χ3n) is 2.26. The van der Waals surface area contributed by atoms with Crippen LogP contribution >= 0.6 is 0 Å². The van der Waals surface area contributed by atoms with Gasteiger partial charge in [0.1, 0.15) is 13.2 Å². The van der Waals surface area contributed by atoms with E-state index in [4.69, 9.17) is 9.47 Å². The molecule has 0 saturated heterocycles. The molecule has 1 aromatic rings. The molecule has 0 aliphatic carbocycles. The molecule has 1 aliphatic heterocycles. The molecule has 94 valence electrons. The van der Waals surface area contributed by atoms with E-state index in [2.05, 4.69) is 5.32 Å². The van der Waals surface area contributed by atoms with Gasteiger partial charge in [-0.1, -0.05) is 6.07 Å². The molecule has 0 amide bonds. The molecule has 2 rings (SSSR count). The summed E-state index contributed by atoms with van der Waals surface area (Å²) in [4.78, 5) is 0. The van der Waals surface area contributed by atoms with E-state index < -0.39 is 12.7 Å². The third-order valence-corrected chi connectivity index (χ3v) is 2.26. The monoisotopic (exact) mass is 247 g/mol. The second-order valence-corrected chi connectivity index (χ2v) is 3.70. The molecule has 0 bridgehead atoms. The average Bonchev–Trinajstić information content (AvgIpc) is 2.27. The van der Waals surface area contributed by atoms with Gasteiger partial charge in [0.05, 0.1) is 6.54 Å². The Morgan fingerprint density at radius 3 is 2.53 bits per heavy atom. The second kappa shape index (κ2) is 4.83. The Balaban J connectivity index is 1.93. The van der Waals surface area contributed by atoms with Crippen molar-refractivity contribution >= 4 is 0 Å². The first-order chi connectivity index (χ1) is 8.04. The van der Waals surface area contributed by atoms with E-state index in [-0.39, 0.29) is 6.54 Å². The van der Waals surface area contributed by atoms with Gasteiger partial charge in [-0.05, 0) is 17.7 Å². The summed E-state index contributed by atoms with van der Waals surface area (Å²) in [5, 5.41) is 2.33. The van der Waals surface area contributed by atoms with Crippen molar-refractivity contribution in [3.05, 3.63) is 23.8 Å². The van der Waals surface area contributed by atoms with Crippen LogP contribution < -0.4 is 14.8 Å². The molecule has 0 aromatic heterocycles. The molecule has 0 fully saturated rings. The SMILES string of the molecule is FC(F)(F)CNCc1ccc2c(c1)OCCO2. The lowest BCUT2D eigenvalue weighted by Gasteiger charge is -2.19. The molecule has 0 saturated carbocycles. The number of nitrogens with one attached hydrogen (secondary N) is 1. The van der Waals surface area contributed by atoms with Crippen LogP contribution in [0.25, 0.3) is 0 Å². The molecular formula is C11H12F3NO2. The van der Waals surface area contributed by atoms with Crippen LogP contribution in [0.2, 0.25) is 0 Å². The molecule has 3 nitrogen and oxygen atoms in total. The minimum absolute atomic E-state index is 0.149. The minimum Gasteiger partial charge on any atom is -0.486 e. The van der Waals surface area contributed by atoms with Crippen LogP contribution in [0.5, 0.6) is 11.5 Å². The highest BCUT2D eigenvalue weighted by Gasteiger charge is 2.26. The number of hydrogen-bond donors (Lipinski definition) is 1. The van der Waals surface area contributed by atoms with Gasteiger partial charge in [-0.3, -0.25) is 0 Å². The molecule has 6 heteroatoms.